The molecule has 1 aromatic heterocycles. The molecule has 2 aromatic rings. The van der Waals surface area contributed by atoms with E-state index in [4.69, 9.17) is 10.3 Å². The molecular formula is C11H10F3N3O. The molecule has 0 aliphatic carbocycles. The molecule has 1 aromatic carbocycles. The van der Waals surface area contributed by atoms with Gasteiger partial charge in [0, 0.05) is 18.5 Å². The maximum atomic E-state index is 12.5. The third-order valence-corrected chi connectivity index (χ3v) is 2.27. The zero-order valence-corrected chi connectivity index (χ0v) is 9.24. The smallest absolute Gasteiger partial charge is 0.339 e. The van der Waals surface area contributed by atoms with E-state index in [1.54, 1.807) is 0 Å². The summed E-state index contributed by atoms with van der Waals surface area (Å²) in [6, 6.07) is 4.77. The highest BCUT2D eigenvalue weighted by molar-refractivity contribution is 5.55. The van der Waals surface area contributed by atoms with E-state index in [-0.39, 0.29) is 11.4 Å². The van der Waals surface area contributed by atoms with Gasteiger partial charge in [0.2, 0.25) is 11.7 Å². The first kappa shape index (κ1) is 12.6. The van der Waals surface area contributed by atoms with Gasteiger partial charge in [-0.05, 0) is 12.1 Å². The van der Waals surface area contributed by atoms with Crippen LogP contribution in [-0.4, -0.2) is 16.7 Å². The Morgan fingerprint density at radius 3 is 2.72 bits per heavy atom. The molecule has 0 saturated heterocycles. The van der Waals surface area contributed by atoms with E-state index in [2.05, 4.69) is 10.1 Å². The quantitative estimate of drug-likeness (QED) is 0.915. The predicted octanol–water partition coefficient (Wildman–Crippen LogP) is 2.26. The van der Waals surface area contributed by atoms with Gasteiger partial charge >= 0.3 is 6.18 Å². The molecule has 7 heteroatoms. The molecule has 0 atom stereocenters. The van der Waals surface area contributed by atoms with Gasteiger partial charge in [-0.2, -0.15) is 18.2 Å². The Kier molecular flexibility index (Phi) is 3.33. The maximum absolute atomic E-state index is 12.5. The van der Waals surface area contributed by atoms with Crippen LogP contribution in [0.2, 0.25) is 0 Å². The van der Waals surface area contributed by atoms with Crippen molar-refractivity contribution in [3.8, 4) is 11.4 Å². The van der Waals surface area contributed by atoms with E-state index in [1.807, 2.05) is 0 Å². The summed E-state index contributed by atoms with van der Waals surface area (Å²) in [5.41, 5.74) is 4.83. The average molecular weight is 257 g/mol. The van der Waals surface area contributed by atoms with Crippen LogP contribution in [0.25, 0.3) is 11.4 Å². The highest BCUT2D eigenvalue weighted by Crippen LogP contribution is 2.31. The molecule has 2 N–H and O–H groups in total. The van der Waals surface area contributed by atoms with Crippen LogP contribution in [0.4, 0.5) is 13.2 Å². The summed E-state index contributed by atoms with van der Waals surface area (Å²) in [7, 11) is 0. The fraction of sp³-hybridized carbons (Fsp3) is 0.273. The molecule has 0 aliphatic rings. The van der Waals surface area contributed by atoms with Crippen molar-refractivity contribution in [1.29, 1.82) is 0 Å². The van der Waals surface area contributed by atoms with Crippen molar-refractivity contribution in [2.24, 2.45) is 5.73 Å². The van der Waals surface area contributed by atoms with Crippen LogP contribution in [0.5, 0.6) is 0 Å². The molecule has 0 saturated carbocycles. The van der Waals surface area contributed by atoms with Crippen LogP contribution in [0, 0.1) is 0 Å². The predicted molar refractivity (Wildman–Crippen MR) is 57.5 cm³/mol. The van der Waals surface area contributed by atoms with Gasteiger partial charge < -0.3 is 10.3 Å². The Morgan fingerprint density at radius 2 is 2.06 bits per heavy atom. The zero-order valence-electron chi connectivity index (χ0n) is 9.24. The van der Waals surface area contributed by atoms with Crippen LogP contribution in [-0.2, 0) is 12.6 Å². The van der Waals surface area contributed by atoms with Gasteiger partial charge in [-0.15, -0.1) is 0 Å². The molecular weight excluding hydrogens is 247 g/mol. The molecule has 0 unspecified atom stereocenters. The normalized spacial score (nSPS) is 11.8. The lowest BCUT2D eigenvalue weighted by molar-refractivity contribution is -0.137. The molecule has 0 fully saturated rings. The van der Waals surface area contributed by atoms with Crippen molar-refractivity contribution >= 4 is 0 Å². The number of nitrogens with zero attached hydrogens (tertiary/aromatic N) is 2. The monoisotopic (exact) mass is 257 g/mol. The Morgan fingerprint density at radius 1 is 1.28 bits per heavy atom. The van der Waals surface area contributed by atoms with Crippen molar-refractivity contribution < 1.29 is 17.7 Å². The van der Waals surface area contributed by atoms with E-state index in [9.17, 15) is 13.2 Å². The number of hydrogen-bond acceptors (Lipinski definition) is 4. The van der Waals surface area contributed by atoms with Crippen LogP contribution in [0.1, 0.15) is 11.5 Å². The molecule has 18 heavy (non-hydrogen) atoms. The third kappa shape index (κ3) is 2.67. The third-order valence-electron chi connectivity index (χ3n) is 2.27. The second-order valence-electron chi connectivity index (χ2n) is 3.63. The van der Waals surface area contributed by atoms with Gasteiger partial charge in [0.15, 0.2) is 0 Å². The summed E-state index contributed by atoms with van der Waals surface area (Å²) in [6.07, 6.45) is -3.99. The standard InChI is InChI=1S/C11H10F3N3O/c12-11(13,14)8-3-1-2-7(6-8)10-16-9(4-5-15)18-17-10/h1-3,6H,4-5,15H2. The van der Waals surface area contributed by atoms with Gasteiger partial charge in [-0.25, -0.2) is 0 Å². The van der Waals surface area contributed by atoms with Crippen LogP contribution in [0.3, 0.4) is 0 Å². The number of nitrogens with two attached hydrogens (primary N) is 1. The summed E-state index contributed by atoms with van der Waals surface area (Å²) in [6.45, 7) is 0.338. The van der Waals surface area contributed by atoms with E-state index in [1.165, 1.54) is 12.1 Å². The molecule has 0 radical (unpaired) electrons. The minimum atomic E-state index is -4.39. The van der Waals surface area contributed by atoms with Gasteiger partial charge in [0.1, 0.15) is 0 Å². The number of alkyl halides is 3. The first-order chi connectivity index (χ1) is 8.50. The lowest BCUT2D eigenvalue weighted by Crippen LogP contribution is -2.04. The Hall–Kier alpha value is -1.89. The van der Waals surface area contributed by atoms with Crippen LogP contribution < -0.4 is 5.73 Å². The molecule has 4 nitrogen and oxygen atoms in total. The van der Waals surface area contributed by atoms with E-state index < -0.39 is 11.7 Å². The SMILES string of the molecule is NCCc1nc(-c2cccc(C(F)(F)F)c2)no1. The van der Waals surface area contributed by atoms with E-state index in [0.29, 0.717) is 18.9 Å². The molecule has 2 rings (SSSR count). The highest BCUT2D eigenvalue weighted by Gasteiger charge is 2.30. The van der Waals surface area contributed by atoms with Crippen molar-refractivity contribution in [2.75, 3.05) is 6.54 Å². The zero-order chi connectivity index (χ0) is 13.2. The van der Waals surface area contributed by atoms with E-state index >= 15 is 0 Å². The molecule has 0 bridgehead atoms. The molecule has 0 amide bonds. The largest absolute Gasteiger partial charge is 0.416 e. The van der Waals surface area contributed by atoms with Crippen LogP contribution >= 0.6 is 0 Å². The summed E-state index contributed by atoms with van der Waals surface area (Å²) < 4.78 is 42.4. The lowest BCUT2D eigenvalue weighted by atomic mass is 10.1. The number of aromatic nitrogens is 2. The number of halogens is 3. The van der Waals surface area contributed by atoms with Crippen molar-refractivity contribution in [2.45, 2.75) is 12.6 Å². The second-order valence-corrected chi connectivity index (χ2v) is 3.63. The van der Waals surface area contributed by atoms with Crippen LogP contribution in [0.15, 0.2) is 28.8 Å². The first-order valence-corrected chi connectivity index (χ1v) is 5.21. The van der Waals surface area contributed by atoms with Gasteiger partial charge in [0.25, 0.3) is 0 Å². The fourth-order valence-corrected chi connectivity index (χ4v) is 1.43. The second kappa shape index (κ2) is 4.77. The molecule has 1 heterocycles. The number of benzene rings is 1. The fourth-order valence-electron chi connectivity index (χ4n) is 1.43. The minimum Gasteiger partial charge on any atom is -0.339 e. The summed E-state index contributed by atoms with van der Waals surface area (Å²) >= 11 is 0. The van der Waals surface area contributed by atoms with Crippen molar-refractivity contribution in [1.82, 2.24) is 10.1 Å². The summed E-state index contributed by atoms with van der Waals surface area (Å²) in [5, 5.41) is 3.62. The van der Waals surface area contributed by atoms with E-state index in [0.717, 1.165) is 12.1 Å². The maximum Gasteiger partial charge on any atom is 0.416 e. The average Bonchev–Trinajstić information content (AvgIpc) is 2.77. The van der Waals surface area contributed by atoms with Crippen molar-refractivity contribution in [3.63, 3.8) is 0 Å². The topological polar surface area (TPSA) is 64.9 Å². The van der Waals surface area contributed by atoms with Gasteiger partial charge in [0.05, 0.1) is 5.56 Å². The van der Waals surface area contributed by atoms with Gasteiger partial charge in [-0.3, -0.25) is 0 Å². The minimum absolute atomic E-state index is 0.129. The number of hydrogen-bond donors (Lipinski definition) is 1. The highest BCUT2D eigenvalue weighted by atomic mass is 19.4. The Labute approximate surface area is 101 Å². The van der Waals surface area contributed by atoms with Gasteiger partial charge in [-0.1, -0.05) is 17.3 Å². The molecule has 96 valence electrons. The lowest BCUT2D eigenvalue weighted by Gasteiger charge is -2.06. The first-order valence-electron chi connectivity index (χ1n) is 5.21. The summed E-state index contributed by atoms with van der Waals surface area (Å²) in [5.74, 6) is 0.439. The Balaban J connectivity index is 2.32. The van der Waals surface area contributed by atoms with Crippen molar-refractivity contribution in [3.05, 3.63) is 35.7 Å². The Bertz CT molecular complexity index is 536. The summed E-state index contributed by atoms with van der Waals surface area (Å²) in [4.78, 5) is 3.97. The molecule has 0 aliphatic heterocycles. The molecule has 0 spiro atoms. The number of rotatable bonds is 3.